The van der Waals surface area contributed by atoms with Crippen LogP contribution in [0, 0.1) is 0 Å². The maximum absolute atomic E-state index is 12.2. The van der Waals surface area contributed by atoms with Crippen LogP contribution < -0.4 is 5.32 Å². The molecule has 1 fully saturated rings. The van der Waals surface area contributed by atoms with Crippen LogP contribution in [0.25, 0.3) is 5.52 Å². The number of hydrogen-bond donors (Lipinski definition) is 2. The smallest absolute Gasteiger partial charge is 0.329 e. The Balaban J connectivity index is 1.90. The third-order valence-corrected chi connectivity index (χ3v) is 3.54. The van der Waals surface area contributed by atoms with Gasteiger partial charge in [0, 0.05) is 12.4 Å². The Kier molecular flexibility index (Phi) is 2.48. The van der Waals surface area contributed by atoms with Crippen LogP contribution >= 0.6 is 0 Å². The molecule has 2 aromatic rings. The highest BCUT2D eigenvalue weighted by Crippen LogP contribution is 2.32. The number of fused-ring (bicyclic) bond motifs is 1. The Hall–Kier alpha value is -2.44. The first-order chi connectivity index (χ1) is 9.12. The van der Waals surface area contributed by atoms with Crippen molar-refractivity contribution in [3.8, 4) is 0 Å². The van der Waals surface area contributed by atoms with Crippen molar-refractivity contribution in [1.29, 1.82) is 0 Å². The Morgan fingerprint density at radius 2 is 2.16 bits per heavy atom. The summed E-state index contributed by atoms with van der Waals surface area (Å²) in [7, 11) is 0. The van der Waals surface area contributed by atoms with Gasteiger partial charge in [-0.3, -0.25) is 9.78 Å². The van der Waals surface area contributed by atoms with Crippen molar-refractivity contribution in [2.45, 2.75) is 24.8 Å². The summed E-state index contributed by atoms with van der Waals surface area (Å²) in [5.41, 5.74) is -0.228. The van der Waals surface area contributed by atoms with Gasteiger partial charge in [-0.1, -0.05) is 0 Å². The molecule has 0 unspecified atom stereocenters. The zero-order chi connectivity index (χ0) is 13.5. The first-order valence-electron chi connectivity index (χ1n) is 5.96. The van der Waals surface area contributed by atoms with Gasteiger partial charge in [-0.25, -0.2) is 9.31 Å². The Morgan fingerprint density at radius 3 is 2.79 bits per heavy atom. The number of nitrogens with one attached hydrogen (secondary N) is 1. The predicted octanol–water partition coefficient (Wildman–Crippen LogP) is 0.466. The second-order valence-electron chi connectivity index (χ2n) is 4.66. The lowest BCUT2D eigenvalue weighted by molar-refractivity contribution is -0.148. The Morgan fingerprint density at radius 1 is 1.37 bits per heavy atom. The van der Waals surface area contributed by atoms with E-state index in [9.17, 15) is 14.7 Å². The fourth-order valence-electron chi connectivity index (χ4n) is 2.22. The summed E-state index contributed by atoms with van der Waals surface area (Å²) in [6.07, 6.45) is 7.87. The molecule has 0 aliphatic heterocycles. The molecular formula is C12H12N4O3. The first-order valence-corrected chi connectivity index (χ1v) is 5.96. The van der Waals surface area contributed by atoms with Crippen molar-refractivity contribution in [3.63, 3.8) is 0 Å². The molecule has 0 aromatic carbocycles. The van der Waals surface area contributed by atoms with Gasteiger partial charge in [-0.05, 0) is 19.3 Å². The second kappa shape index (κ2) is 4.04. The maximum atomic E-state index is 12.2. The number of hydrogen-bond acceptors (Lipinski definition) is 4. The van der Waals surface area contributed by atoms with E-state index in [0.29, 0.717) is 23.9 Å². The van der Waals surface area contributed by atoms with Gasteiger partial charge in [0.2, 0.25) is 0 Å². The van der Waals surface area contributed by atoms with Crippen molar-refractivity contribution in [3.05, 3.63) is 30.4 Å². The van der Waals surface area contributed by atoms with Crippen LogP contribution in [0.4, 0.5) is 0 Å². The number of amides is 1. The SMILES string of the molecule is O=C(NC1(C(=O)O)CCC1)c1cnn2ccncc12. The lowest BCUT2D eigenvalue weighted by atomic mass is 9.76. The number of rotatable bonds is 3. The number of aliphatic carboxylic acids is 1. The third-order valence-electron chi connectivity index (χ3n) is 3.54. The molecule has 0 bridgehead atoms. The van der Waals surface area contributed by atoms with Crippen LogP contribution in [-0.4, -0.2) is 37.1 Å². The van der Waals surface area contributed by atoms with Crippen molar-refractivity contribution < 1.29 is 14.7 Å². The van der Waals surface area contributed by atoms with E-state index in [2.05, 4.69) is 15.4 Å². The molecule has 19 heavy (non-hydrogen) atoms. The quantitative estimate of drug-likeness (QED) is 0.836. The molecule has 1 aliphatic carbocycles. The molecule has 0 spiro atoms. The van der Waals surface area contributed by atoms with E-state index >= 15 is 0 Å². The standard InChI is InChI=1S/C12H12N4O3/c17-10(15-12(11(18)19)2-1-3-12)8-6-14-16-5-4-13-7-9(8)16/h4-7H,1-3H2,(H,15,17)(H,18,19). The van der Waals surface area contributed by atoms with Gasteiger partial charge in [-0.2, -0.15) is 5.10 Å². The van der Waals surface area contributed by atoms with Crippen LogP contribution in [0.15, 0.2) is 24.8 Å². The molecule has 2 aromatic heterocycles. The van der Waals surface area contributed by atoms with Gasteiger partial charge in [0.05, 0.1) is 23.5 Å². The molecule has 0 radical (unpaired) electrons. The fourth-order valence-corrected chi connectivity index (χ4v) is 2.22. The third kappa shape index (κ3) is 1.74. The molecule has 3 rings (SSSR count). The average molecular weight is 260 g/mol. The van der Waals surface area contributed by atoms with E-state index in [1.54, 1.807) is 12.4 Å². The normalized spacial score (nSPS) is 16.8. The molecule has 98 valence electrons. The fraction of sp³-hybridized carbons (Fsp3) is 0.333. The summed E-state index contributed by atoms with van der Waals surface area (Å²) in [5, 5.41) is 15.8. The van der Waals surface area contributed by atoms with Gasteiger partial charge >= 0.3 is 5.97 Å². The monoisotopic (exact) mass is 260 g/mol. The minimum absolute atomic E-state index is 0.334. The molecule has 0 atom stereocenters. The summed E-state index contributed by atoms with van der Waals surface area (Å²) in [4.78, 5) is 27.3. The predicted molar refractivity (Wildman–Crippen MR) is 64.7 cm³/mol. The van der Waals surface area contributed by atoms with E-state index in [0.717, 1.165) is 6.42 Å². The minimum Gasteiger partial charge on any atom is -0.480 e. The zero-order valence-corrected chi connectivity index (χ0v) is 10.0. The minimum atomic E-state index is -1.12. The number of carbonyl (C=O) groups is 2. The molecule has 1 aliphatic rings. The molecule has 7 nitrogen and oxygen atoms in total. The number of carboxylic acids is 1. The molecule has 0 saturated heterocycles. The number of carboxylic acid groups (broad SMARTS) is 1. The van der Waals surface area contributed by atoms with Crippen molar-refractivity contribution in [1.82, 2.24) is 19.9 Å². The summed E-state index contributed by atoms with van der Waals surface area (Å²) in [5.74, 6) is -1.41. The Bertz CT molecular complexity index is 660. The summed E-state index contributed by atoms with van der Waals surface area (Å²) < 4.78 is 1.52. The number of nitrogens with zero attached hydrogens (tertiary/aromatic N) is 3. The molecular weight excluding hydrogens is 248 g/mol. The van der Waals surface area contributed by atoms with Gasteiger partial charge in [0.1, 0.15) is 5.54 Å². The van der Waals surface area contributed by atoms with E-state index in [-0.39, 0.29) is 0 Å². The van der Waals surface area contributed by atoms with Crippen molar-refractivity contribution >= 4 is 17.4 Å². The lowest BCUT2D eigenvalue weighted by Gasteiger charge is -2.38. The highest BCUT2D eigenvalue weighted by molar-refractivity contribution is 6.03. The van der Waals surface area contributed by atoms with Gasteiger partial charge in [0.15, 0.2) is 0 Å². The largest absolute Gasteiger partial charge is 0.480 e. The van der Waals surface area contributed by atoms with Crippen molar-refractivity contribution in [2.75, 3.05) is 0 Å². The van der Waals surface area contributed by atoms with E-state index < -0.39 is 17.4 Å². The molecule has 1 amide bonds. The molecule has 1 saturated carbocycles. The van der Waals surface area contributed by atoms with Crippen LogP contribution in [0.5, 0.6) is 0 Å². The zero-order valence-electron chi connectivity index (χ0n) is 10.0. The van der Waals surface area contributed by atoms with Crippen molar-refractivity contribution in [2.24, 2.45) is 0 Å². The van der Waals surface area contributed by atoms with Crippen LogP contribution in [0.2, 0.25) is 0 Å². The van der Waals surface area contributed by atoms with E-state index in [1.165, 1.54) is 16.9 Å². The first kappa shape index (κ1) is 11.6. The number of carbonyl (C=O) groups excluding carboxylic acids is 1. The molecule has 7 heteroatoms. The summed E-state index contributed by atoms with van der Waals surface area (Å²) in [6.45, 7) is 0. The van der Waals surface area contributed by atoms with Crippen LogP contribution in [0.1, 0.15) is 29.6 Å². The van der Waals surface area contributed by atoms with Gasteiger partial charge in [-0.15, -0.1) is 0 Å². The second-order valence-corrected chi connectivity index (χ2v) is 4.66. The average Bonchev–Trinajstić information content (AvgIpc) is 2.77. The highest BCUT2D eigenvalue weighted by atomic mass is 16.4. The summed E-state index contributed by atoms with van der Waals surface area (Å²) >= 11 is 0. The maximum Gasteiger partial charge on any atom is 0.329 e. The van der Waals surface area contributed by atoms with Gasteiger partial charge in [0.25, 0.3) is 5.91 Å². The highest BCUT2D eigenvalue weighted by Gasteiger charge is 2.46. The topological polar surface area (TPSA) is 96.6 Å². The van der Waals surface area contributed by atoms with Crippen LogP contribution in [-0.2, 0) is 4.79 Å². The molecule has 2 N–H and O–H groups in total. The summed E-state index contributed by atoms with van der Waals surface area (Å²) in [6, 6.07) is 0. The lowest BCUT2D eigenvalue weighted by Crippen LogP contribution is -2.59. The Labute approximate surface area is 108 Å². The molecule has 2 heterocycles. The van der Waals surface area contributed by atoms with Crippen LogP contribution in [0.3, 0.4) is 0 Å². The van der Waals surface area contributed by atoms with E-state index in [1.807, 2.05) is 0 Å². The van der Waals surface area contributed by atoms with E-state index in [4.69, 9.17) is 0 Å². The number of aromatic nitrogens is 3. The van der Waals surface area contributed by atoms with Gasteiger partial charge < -0.3 is 10.4 Å².